The number of rotatable bonds is 13. The van der Waals surface area contributed by atoms with Crippen LogP contribution in [0.4, 0.5) is 4.39 Å². The molecule has 208 valence electrons. The highest BCUT2D eigenvalue weighted by Gasteiger charge is 2.48. The van der Waals surface area contributed by atoms with Crippen LogP contribution in [0.3, 0.4) is 0 Å². The maximum absolute atomic E-state index is 15.7. The molecule has 4 aromatic rings. The summed E-state index contributed by atoms with van der Waals surface area (Å²) in [5, 5.41) is 0. The molecule has 4 aromatic carbocycles. The van der Waals surface area contributed by atoms with Crippen molar-refractivity contribution in [2.75, 3.05) is 6.61 Å². The van der Waals surface area contributed by atoms with Gasteiger partial charge in [0.2, 0.25) is 6.36 Å². The van der Waals surface area contributed by atoms with E-state index in [-0.39, 0.29) is 19.8 Å². The molecule has 1 saturated heterocycles. The zero-order valence-electron chi connectivity index (χ0n) is 22.4. The smallest absolute Gasteiger partial charge is 0.228 e. The van der Waals surface area contributed by atoms with Crippen LogP contribution in [0.5, 0.6) is 0 Å². The highest BCUT2D eigenvalue weighted by Crippen LogP contribution is 2.31. The van der Waals surface area contributed by atoms with Crippen molar-refractivity contribution in [2.45, 2.75) is 57.2 Å². The van der Waals surface area contributed by atoms with E-state index in [1.165, 1.54) is 0 Å². The van der Waals surface area contributed by atoms with Crippen LogP contribution in [-0.4, -0.2) is 37.4 Å². The largest absolute Gasteiger partial charge is 0.374 e. The fraction of sp³-hybridized carbons (Fsp3) is 0.294. The normalized spacial score (nSPS) is 22.7. The van der Waals surface area contributed by atoms with E-state index in [1.807, 2.05) is 121 Å². The van der Waals surface area contributed by atoms with Crippen molar-refractivity contribution >= 4 is 0 Å². The third-order valence-electron chi connectivity index (χ3n) is 6.83. The van der Waals surface area contributed by atoms with Gasteiger partial charge >= 0.3 is 0 Å². The van der Waals surface area contributed by atoms with Crippen molar-refractivity contribution in [3.8, 4) is 0 Å². The van der Waals surface area contributed by atoms with Crippen molar-refractivity contribution in [1.29, 1.82) is 0 Å². The van der Waals surface area contributed by atoms with Gasteiger partial charge in [0.15, 0.2) is 0 Å². The lowest BCUT2D eigenvalue weighted by Gasteiger charge is -2.43. The van der Waals surface area contributed by atoms with Gasteiger partial charge in [-0.1, -0.05) is 121 Å². The van der Waals surface area contributed by atoms with E-state index >= 15 is 4.39 Å². The summed E-state index contributed by atoms with van der Waals surface area (Å²) >= 11 is 0. The molecule has 40 heavy (non-hydrogen) atoms. The fourth-order valence-electron chi connectivity index (χ4n) is 4.73. The average Bonchev–Trinajstić information content (AvgIpc) is 3.01. The molecule has 0 bridgehead atoms. The average molecular weight is 543 g/mol. The fourth-order valence-corrected chi connectivity index (χ4v) is 4.73. The minimum Gasteiger partial charge on any atom is -0.374 e. The quantitative estimate of drug-likeness (QED) is 0.189. The van der Waals surface area contributed by atoms with E-state index in [4.69, 9.17) is 23.7 Å². The van der Waals surface area contributed by atoms with Gasteiger partial charge < -0.3 is 23.7 Å². The molecule has 0 radical (unpaired) electrons. The summed E-state index contributed by atoms with van der Waals surface area (Å²) < 4.78 is 46.6. The number of alkyl halides is 1. The van der Waals surface area contributed by atoms with Crippen LogP contribution >= 0.6 is 0 Å². The van der Waals surface area contributed by atoms with Crippen LogP contribution in [-0.2, 0) is 50.1 Å². The number of hydrogen-bond acceptors (Lipinski definition) is 5. The van der Waals surface area contributed by atoms with E-state index in [2.05, 4.69) is 0 Å². The molecule has 5 rings (SSSR count). The van der Waals surface area contributed by atoms with E-state index in [0.29, 0.717) is 13.2 Å². The molecule has 1 heterocycles. The second kappa shape index (κ2) is 14.8. The summed E-state index contributed by atoms with van der Waals surface area (Å²) in [5.74, 6) is 0. The van der Waals surface area contributed by atoms with Crippen molar-refractivity contribution in [3.63, 3.8) is 0 Å². The third kappa shape index (κ3) is 8.07. The second-order valence-electron chi connectivity index (χ2n) is 9.81. The third-order valence-corrected chi connectivity index (χ3v) is 6.83. The van der Waals surface area contributed by atoms with Gasteiger partial charge in [0, 0.05) is 0 Å². The number of ether oxygens (including phenoxy) is 5. The minimum absolute atomic E-state index is 0.144. The standard InChI is InChI=1S/C34H35FO5/c35-34-33(39-24-29-19-11-4-12-20-29)32(38-23-28-17-9-3-10-18-28)31(37-22-27-15-7-2-8-16-27)30(40-34)25-36-21-26-13-5-1-6-14-26/h1-20,30-34H,21-25H2/t30-,31-,32+,33+,34-/m1/s1. The summed E-state index contributed by atoms with van der Waals surface area (Å²) in [6, 6.07) is 39.2. The van der Waals surface area contributed by atoms with Gasteiger partial charge in [-0.15, -0.1) is 0 Å². The Hall–Kier alpha value is -3.39. The monoisotopic (exact) mass is 542 g/mol. The topological polar surface area (TPSA) is 46.2 Å². The Labute approximate surface area is 235 Å². The Kier molecular flexibility index (Phi) is 10.4. The maximum atomic E-state index is 15.7. The van der Waals surface area contributed by atoms with Crippen LogP contribution in [0, 0.1) is 0 Å². The number of halogens is 1. The molecule has 0 aliphatic carbocycles. The molecule has 0 saturated carbocycles. The van der Waals surface area contributed by atoms with Crippen LogP contribution in [0.1, 0.15) is 22.3 Å². The zero-order valence-corrected chi connectivity index (χ0v) is 22.4. The molecule has 0 amide bonds. The minimum atomic E-state index is -1.72. The summed E-state index contributed by atoms with van der Waals surface area (Å²) in [6.45, 7) is 1.35. The molecule has 1 aliphatic heterocycles. The van der Waals surface area contributed by atoms with Crippen molar-refractivity contribution in [2.24, 2.45) is 0 Å². The van der Waals surface area contributed by atoms with Gasteiger partial charge in [-0.05, 0) is 22.3 Å². The molecule has 5 nitrogen and oxygen atoms in total. The van der Waals surface area contributed by atoms with Crippen LogP contribution < -0.4 is 0 Å². The Bertz CT molecular complexity index is 1240. The first-order valence-electron chi connectivity index (χ1n) is 13.6. The summed E-state index contributed by atoms with van der Waals surface area (Å²) in [4.78, 5) is 0. The zero-order chi connectivity index (χ0) is 27.4. The first kappa shape index (κ1) is 28.1. The molecular weight excluding hydrogens is 507 g/mol. The van der Waals surface area contributed by atoms with Gasteiger partial charge in [0.1, 0.15) is 24.4 Å². The molecule has 0 N–H and O–H groups in total. The molecular formula is C34H35FO5. The first-order chi connectivity index (χ1) is 19.8. The SMILES string of the molecule is F[C@@H]1O[C@H](COCc2ccccc2)[C@@H](OCc2ccccc2)[C@H](OCc2ccccc2)[C@@H]1OCc1ccccc1. The molecule has 1 fully saturated rings. The van der Waals surface area contributed by atoms with Crippen LogP contribution in [0.2, 0.25) is 0 Å². The second-order valence-corrected chi connectivity index (χ2v) is 9.81. The van der Waals surface area contributed by atoms with Crippen LogP contribution in [0.15, 0.2) is 121 Å². The summed E-state index contributed by atoms with van der Waals surface area (Å²) in [6.07, 6.45) is -4.77. The van der Waals surface area contributed by atoms with Gasteiger partial charge in [0.25, 0.3) is 0 Å². The molecule has 1 aliphatic rings. The van der Waals surface area contributed by atoms with E-state index < -0.39 is 30.8 Å². The highest BCUT2D eigenvalue weighted by atomic mass is 19.1. The first-order valence-corrected chi connectivity index (χ1v) is 13.6. The maximum Gasteiger partial charge on any atom is 0.228 e. The Morgan fingerprint density at radius 1 is 0.475 bits per heavy atom. The number of benzene rings is 4. The Morgan fingerprint density at radius 3 is 1.30 bits per heavy atom. The lowest BCUT2D eigenvalue weighted by atomic mass is 9.98. The van der Waals surface area contributed by atoms with Crippen molar-refractivity contribution in [1.82, 2.24) is 0 Å². The van der Waals surface area contributed by atoms with Crippen LogP contribution in [0.25, 0.3) is 0 Å². The summed E-state index contributed by atoms with van der Waals surface area (Å²) in [5.41, 5.74) is 3.94. The van der Waals surface area contributed by atoms with E-state index in [0.717, 1.165) is 22.3 Å². The predicted octanol–water partition coefficient (Wildman–Crippen LogP) is 6.65. The highest BCUT2D eigenvalue weighted by molar-refractivity contribution is 5.16. The molecule has 6 heteroatoms. The van der Waals surface area contributed by atoms with E-state index in [9.17, 15) is 0 Å². The van der Waals surface area contributed by atoms with Gasteiger partial charge in [-0.3, -0.25) is 0 Å². The Morgan fingerprint density at radius 2 is 0.850 bits per heavy atom. The van der Waals surface area contributed by atoms with Gasteiger partial charge in [0.05, 0.1) is 33.0 Å². The van der Waals surface area contributed by atoms with Gasteiger partial charge in [-0.2, -0.15) is 0 Å². The molecule has 0 aromatic heterocycles. The molecule has 0 unspecified atom stereocenters. The molecule has 0 spiro atoms. The van der Waals surface area contributed by atoms with Crippen molar-refractivity contribution in [3.05, 3.63) is 144 Å². The number of hydrogen-bond donors (Lipinski definition) is 0. The lowest BCUT2D eigenvalue weighted by Crippen LogP contribution is -2.60. The van der Waals surface area contributed by atoms with Crippen molar-refractivity contribution < 1.29 is 28.1 Å². The predicted molar refractivity (Wildman–Crippen MR) is 151 cm³/mol. The van der Waals surface area contributed by atoms with Gasteiger partial charge in [-0.25, -0.2) is 4.39 Å². The Balaban J connectivity index is 1.36. The molecule has 5 atom stereocenters. The summed E-state index contributed by atoms with van der Waals surface area (Å²) in [7, 11) is 0. The lowest BCUT2D eigenvalue weighted by molar-refractivity contribution is -0.298. The van der Waals surface area contributed by atoms with E-state index in [1.54, 1.807) is 0 Å².